The number of nitrogens with one attached hydrogen (secondary N) is 1. The molecule has 0 aliphatic rings. The van der Waals surface area contributed by atoms with E-state index in [1.54, 1.807) is 48.7 Å². The highest BCUT2D eigenvalue weighted by Crippen LogP contribution is 2.36. The Morgan fingerprint density at radius 1 is 0.927 bits per heavy atom. The van der Waals surface area contributed by atoms with Gasteiger partial charge < -0.3 is 14.8 Å². The Bertz CT molecular complexity index is 1730. The van der Waals surface area contributed by atoms with Gasteiger partial charge >= 0.3 is 11.9 Å². The first-order chi connectivity index (χ1) is 19.9. The highest BCUT2D eigenvalue weighted by molar-refractivity contribution is 7.15. The van der Waals surface area contributed by atoms with Crippen molar-refractivity contribution in [3.63, 3.8) is 0 Å². The molecule has 7 nitrogen and oxygen atoms in total. The van der Waals surface area contributed by atoms with Crippen molar-refractivity contribution in [2.45, 2.75) is 20.0 Å². The largest absolute Gasteiger partial charge is 0.462 e. The fourth-order valence-electron chi connectivity index (χ4n) is 4.29. The summed E-state index contributed by atoms with van der Waals surface area (Å²) < 4.78 is 10.9. The molecule has 0 spiro atoms. The van der Waals surface area contributed by atoms with Crippen molar-refractivity contribution < 1.29 is 23.9 Å². The van der Waals surface area contributed by atoms with Crippen LogP contribution in [0, 0.1) is 0 Å². The summed E-state index contributed by atoms with van der Waals surface area (Å²) in [5.41, 5.74) is 3.93. The van der Waals surface area contributed by atoms with Crippen LogP contribution in [-0.4, -0.2) is 35.5 Å². The Balaban J connectivity index is 1.40. The fraction of sp³-hybridized carbons (Fsp3) is 0.125. The van der Waals surface area contributed by atoms with Gasteiger partial charge in [0, 0.05) is 26.9 Å². The Morgan fingerprint density at radius 3 is 2.37 bits per heavy atom. The quantitative estimate of drug-likeness (QED) is 0.188. The van der Waals surface area contributed by atoms with E-state index in [1.807, 2.05) is 48.5 Å². The van der Waals surface area contributed by atoms with Crippen LogP contribution in [0.5, 0.6) is 0 Å². The van der Waals surface area contributed by atoms with E-state index in [4.69, 9.17) is 21.1 Å². The minimum atomic E-state index is -1.16. The third-order valence-corrected chi connectivity index (χ3v) is 7.47. The van der Waals surface area contributed by atoms with Crippen molar-refractivity contribution in [3.8, 4) is 22.4 Å². The average Bonchev–Trinajstić information content (AvgIpc) is 3.41. The lowest BCUT2D eigenvalue weighted by atomic mass is 10.0. The Labute approximate surface area is 245 Å². The molecule has 0 bridgehead atoms. The lowest BCUT2D eigenvalue weighted by Gasteiger charge is -2.15. The molecule has 2 aromatic heterocycles. The minimum Gasteiger partial charge on any atom is -0.462 e. The first-order valence-corrected chi connectivity index (χ1v) is 14.1. The summed E-state index contributed by atoms with van der Waals surface area (Å²) in [7, 11) is 0. The summed E-state index contributed by atoms with van der Waals surface area (Å²) in [6.45, 7) is 3.38. The topological polar surface area (TPSA) is 94.6 Å². The van der Waals surface area contributed by atoms with Gasteiger partial charge in [0.1, 0.15) is 10.6 Å². The first kappa shape index (κ1) is 28.0. The number of esters is 2. The van der Waals surface area contributed by atoms with Crippen LogP contribution in [0.2, 0.25) is 5.02 Å². The van der Waals surface area contributed by atoms with Gasteiger partial charge in [-0.1, -0.05) is 72.3 Å². The number of rotatable bonds is 8. The van der Waals surface area contributed by atoms with Gasteiger partial charge in [-0.25, -0.2) is 14.6 Å². The first-order valence-electron chi connectivity index (χ1n) is 12.9. The number of nitrogens with zero attached hydrogens (tertiary/aromatic N) is 1. The van der Waals surface area contributed by atoms with E-state index in [0.717, 1.165) is 11.1 Å². The zero-order valence-electron chi connectivity index (χ0n) is 22.2. The molecule has 5 rings (SSSR count). The number of amides is 1. The predicted octanol–water partition coefficient (Wildman–Crippen LogP) is 7.64. The molecular formula is C32H25ClN2O5S. The lowest BCUT2D eigenvalue weighted by Crippen LogP contribution is -2.30. The number of benzene rings is 3. The third-order valence-electron chi connectivity index (χ3n) is 6.32. The summed E-state index contributed by atoms with van der Waals surface area (Å²) in [4.78, 5) is 44.1. The SMILES string of the molecule is CCOC(=O)c1c(-c2ccccc2)csc1NC(=O)C(C)OC(=O)c1cc(-c2ccc(Cl)cc2)nc2ccccc12. The molecule has 0 saturated heterocycles. The summed E-state index contributed by atoms with van der Waals surface area (Å²) in [5, 5.41) is 6.03. The second-order valence-electron chi connectivity index (χ2n) is 9.06. The molecule has 0 fully saturated rings. The zero-order valence-corrected chi connectivity index (χ0v) is 23.8. The summed E-state index contributed by atoms with van der Waals surface area (Å²) in [5.74, 6) is -1.81. The average molecular weight is 585 g/mol. The maximum Gasteiger partial charge on any atom is 0.341 e. The van der Waals surface area contributed by atoms with Crippen LogP contribution in [0.4, 0.5) is 5.00 Å². The molecule has 1 amide bonds. The number of hydrogen-bond donors (Lipinski definition) is 1. The number of carbonyl (C=O) groups excluding carboxylic acids is 3. The molecule has 2 heterocycles. The molecule has 0 saturated carbocycles. The van der Waals surface area contributed by atoms with Crippen LogP contribution < -0.4 is 5.32 Å². The molecule has 9 heteroatoms. The maximum atomic E-state index is 13.4. The van der Waals surface area contributed by atoms with Crippen molar-refractivity contribution in [1.29, 1.82) is 0 Å². The Kier molecular flexibility index (Phi) is 8.42. The molecule has 1 unspecified atom stereocenters. The molecule has 1 N–H and O–H groups in total. The van der Waals surface area contributed by atoms with Crippen molar-refractivity contribution in [2.24, 2.45) is 0 Å². The summed E-state index contributed by atoms with van der Waals surface area (Å²) in [6, 6.07) is 25.3. The number of fused-ring (bicyclic) bond motifs is 1. The van der Waals surface area contributed by atoms with Gasteiger partial charge in [-0.3, -0.25) is 4.79 Å². The minimum absolute atomic E-state index is 0.183. The highest BCUT2D eigenvalue weighted by atomic mass is 35.5. The smallest absolute Gasteiger partial charge is 0.341 e. The standard InChI is InChI=1S/C32H25ClN2O5S/c1-3-39-32(38)28-25(20-9-5-4-6-10-20)18-41-30(28)35-29(36)19(2)40-31(37)24-17-27(21-13-15-22(33)16-14-21)34-26-12-8-7-11-23(24)26/h4-19H,3H2,1-2H3,(H,35,36). The summed E-state index contributed by atoms with van der Waals surface area (Å²) in [6.07, 6.45) is -1.16. The molecule has 41 heavy (non-hydrogen) atoms. The summed E-state index contributed by atoms with van der Waals surface area (Å²) >= 11 is 7.24. The van der Waals surface area contributed by atoms with Crippen molar-refractivity contribution in [3.05, 3.63) is 106 Å². The van der Waals surface area contributed by atoms with Crippen LogP contribution in [0.3, 0.4) is 0 Å². The van der Waals surface area contributed by atoms with Crippen molar-refractivity contribution in [2.75, 3.05) is 11.9 Å². The zero-order chi connectivity index (χ0) is 28.9. The second kappa shape index (κ2) is 12.3. The van der Waals surface area contributed by atoms with Crippen molar-refractivity contribution >= 4 is 56.7 Å². The molecule has 0 aliphatic carbocycles. The van der Waals surface area contributed by atoms with Crippen LogP contribution in [-0.2, 0) is 14.3 Å². The van der Waals surface area contributed by atoms with E-state index in [9.17, 15) is 14.4 Å². The Morgan fingerprint density at radius 2 is 1.63 bits per heavy atom. The van der Waals surface area contributed by atoms with E-state index in [-0.39, 0.29) is 17.7 Å². The Hall–Kier alpha value is -4.53. The van der Waals surface area contributed by atoms with E-state index in [0.29, 0.717) is 32.2 Å². The van der Waals surface area contributed by atoms with Gasteiger partial charge in [0.2, 0.25) is 0 Å². The van der Waals surface area contributed by atoms with Gasteiger partial charge in [-0.2, -0.15) is 0 Å². The van der Waals surface area contributed by atoms with Crippen LogP contribution >= 0.6 is 22.9 Å². The van der Waals surface area contributed by atoms with E-state index in [2.05, 4.69) is 10.3 Å². The number of ether oxygens (including phenoxy) is 2. The van der Waals surface area contributed by atoms with Crippen LogP contribution in [0.1, 0.15) is 34.6 Å². The van der Waals surface area contributed by atoms with Crippen LogP contribution in [0.15, 0.2) is 90.3 Å². The number of anilines is 1. The van der Waals surface area contributed by atoms with E-state index in [1.165, 1.54) is 18.3 Å². The number of halogens is 1. The molecule has 5 aromatic rings. The molecular weight excluding hydrogens is 560 g/mol. The number of thiophene rings is 1. The lowest BCUT2D eigenvalue weighted by molar-refractivity contribution is -0.123. The van der Waals surface area contributed by atoms with Gasteiger partial charge in [-0.05, 0) is 43.7 Å². The second-order valence-corrected chi connectivity index (χ2v) is 10.4. The molecule has 0 aliphatic heterocycles. The number of pyridine rings is 1. The number of hydrogen-bond acceptors (Lipinski definition) is 7. The normalized spacial score (nSPS) is 11.6. The van der Waals surface area contributed by atoms with Crippen LogP contribution in [0.25, 0.3) is 33.3 Å². The third kappa shape index (κ3) is 6.14. The molecule has 0 radical (unpaired) electrons. The maximum absolute atomic E-state index is 13.4. The van der Waals surface area contributed by atoms with E-state index >= 15 is 0 Å². The molecule has 206 valence electrons. The number of carbonyl (C=O) groups is 3. The van der Waals surface area contributed by atoms with Gasteiger partial charge in [0.05, 0.1) is 23.4 Å². The monoisotopic (exact) mass is 584 g/mol. The number of para-hydroxylation sites is 1. The van der Waals surface area contributed by atoms with E-state index < -0.39 is 23.9 Å². The van der Waals surface area contributed by atoms with Crippen molar-refractivity contribution in [1.82, 2.24) is 4.98 Å². The number of aromatic nitrogens is 1. The van der Waals surface area contributed by atoms with Gasteiger partial charge in [-0.15, -0.1) is 11.3 Å². The fourth-order valence-corrected chi connectivity index (χ4v) is 5.38. The van der Waals surface area contributed by atoms with Gasteiger partial charge in [0.25, 0.3) is 5.91 Å². The predicted molar refractivity (Wildman–Crippen MR) is 161 cm³/mol. The highest BCUT2D eigenvalue weighted by Gasteiger charge is 2.26. The molecule has 1 atom stereocenters. The molecule has 3 aromatic carbocycles. The van der Waals surface area contributed by atoms with Gasteiger partial charge in [0.15, 0.2) is 6.10 Å².